The van der Waals surface area contributed by atoms with Crippen LogP contribution < -0.4 is 16.7 Å². The molecule has 0 saturated heterocycles. The van der Waals surface area contributed by atoms with Crippen molar-refractivity contribution in [3.05, 3.63) is 33.0 Å². The third kappa shape index (κ3) is 2.85. The minimum atomic E-state index is -0.493. The van der Waals surface area contributed by atoms with E-state index in [4.69, 9.17) is 0 Å². The molecule has 2 N–H and O–H groups in total. The Morgan fingerprint density at radius 2 is 2.18 bits per heavy atom. The first-order valence-corrected chi connectivity index (χ1v) is 7.09. The fraction of sp³-hybridized carbons (Fsp3) is 0.429. The Morgan fingerprint density at radius 3 is 2.82 bits per heavy atom. The number of rotatable bonds is 5. The fourth-order valence-corrected chi connectivity index (χ4v) is 1.93. The molecule has 118 valence electrons. The van der Waals surface area contributed by atoms with Crippen molar-refractivity contribution in [1.29, 1.82) is 0 Å². The lowest BCUT2D eigenvalue weighted by molar-refractivity contribution is 0.818. The van der Waals surface area contributed by atoms with E-state index in [9.17, 15) is 9.59 Å². The zero-order chi connectivity index (χ0) is 16.3. The highest BCUT2D eigenvalue weighted by Gasteiger charge is 2.16. The standard InChI is InChI=1S/C14H20N6O2/c1-5-7-8-20-10-11(19(4)14(22)16-12(10)21)15-13(20)18-17-9(3)6-2/h5,7H,6,8H2,1-4H3,(H,15,18)(H,16,21,22)/b7-5+,17-9+. The summed E-state index contributed by atoms with van der Waals surface area (Å²) in [5, 5.41) is 4.22. The number of hydrazone groups is 1. The molecule has 2 heterocycles. The van der Waals surface area contributed by atoms with Crippen molar-refractivity contribution in [2.24, 2.45) is 12.1 Å². The Labute approximate surface area is 127 Å². The molecule has 0 aliphatic heterocycles. The Kier molecular flexibility index (Phi) is 4.59. The lowest BCUT2D eigenvalue weighted by Crippen LogP contribution is -2.29. The van der Waals surface area contributed by atoms with E-state index in [1.54, 1.807) is 11.6 Å². The van der Waals surface area contributed by atoms with Gasteiger partial charge in [-0.15, -0.1) is 0 Å². The molecule has 2 aromatic heterocycles. The minimum Gasteiger partial charge on any atom is -0.299 e. The third-order valence-electron chi connectivity index (χ3n) is 3.39. The second-order valence-corrected chi connectivity index (χ2v) is 4.92. The number of fused-ring (bicyclic) bond motifs is 1. The SMILES string of the molecule is C/C=C/Cn1c(N/N=C(\C)CC)nc2c1c(=O)[nH]c(=O)n2C. The highest BCUT2D eigenvalue weighted by molar-refractivity contribution is 5.82. The third-order valence-corrected chi connectivity index (χ3v) is 3.39. The van der Waals surface area contributed by atoms with E-state index in [-0.39, 0.29) is 0 Å². The van der Waals surface area contributed by atoms with Crippen molar-refractivity contribution in [3.63, 3.8) is 0 Å². The van der Waals surface area contributed by atoms with Crippen LogP contribution in [0.2, 0.25) is 0 Å². The van der Waals surface area contributed by atoms with Gasteiger partial charge in [0, 0.05) is 19.3 Å². The molecule has 22 heavy (non-hydrogen) atoms. The van der Waals surface area contributed by atoms with Crippen molar-refractivity contribution in [2.45, 2.75) is 33.7 Å². The topological polar surface area (TPSA) is 97.1 Å². The number of nitrogens with one attached hydrogen (secondary N) is 2. The van der Waals surface area contributed by atoms with E-state index in [1.165, 1.54) is 4.57 Å². The van der Waals surface area contributed by atoms with E-state index in [2.05, 4.69) is 20.5 Å². The summed E-state index contributed by atoms with van der Waals surface area (Å²) in [5.74, 6) is 0.424. The molecule has 0 atom stereocenters. The van der Waals surface area contributed by atoms with Crippen LogP contribution in [0.25, 0.3) is 11.2 Å². The van der Waals surface area contributed by atoms with Gasteiger partial charge in [-0.05, 0) is 20.3 Å². The molecule has 2 rings (SSSR count). The lowest BCUT2D eigenvalue weighted by Gasteiger charge is -2.05. The van der Waals surface area contributed by atoms with Gasteiger partial charge in [0.2, 0.25) is 5.95 Å². The van der Waals surface area contributed by atoms with Gasteiger partial charge in [0.15, 0.2) is 11.2 Å². The molecule has 0 bridgehead atoms. The fourth-order valence-electron chi connectivity index (χ4n) is 1.93. The van der Waals surface area contributed by atoms with Gasteiger partial charge in [-0.3, -0.25) is 18.9 Å². The predicted molar refractivity (Wildman–Crippen MR) is 87.4 cm³/mol. The highest BCUT2D eigenvalue weighted by atomic mass is 16.2. The van der Waals surface area contributed by atoms with E-state index >= 15 is 0 Å². The zero-order valence-electron chi connectivity index (χ0n) is 13.2. The van der Waals surface area contributed by atoms with Crippen molar-refractivity contribution in [2.75, 3.05) is 5.43 Å². The number of hydrogen-bond donors (Lipinski definition) is 2. The molecule has 2 aromatic rings. The minimum absolute atomic E-state index is 0.324. The number of anilines is 1. The molecule has 0 aliphatic rings. The van der Waals surface area contributed by atoms with E-state index < -0.39 is 11.2 Å². The largest absolute Gasteiger partial charge is 0.329 e. The van der Waals surface area contributed by atoms with Crippen LogP contribution in [0.4, 0.5) is 5.95 Å². The highest BCUT2D eigenvalue weighted by Crippen LogP contribution is 2.15. The van der Waals surface area contributed by atoms with E-state index in [0.717, 1.165) is 12.1 Å². The summed E-state index contributed by atoms with van der Waals surface area (Å²) >= 11 is 0. The number of aromatic amines is 1. The molecule has 0 radical (unpaired) electrons. The summed E-state index contributed by atoms with van der Waals surface area (Å²) in [7, 11) is 1.57. The summed E-state index contributed by atoms with van der Waals surface area (Å²) < 4.78 is 3.00. The van der Waals surface area contributed by atoms with Crippen LogP contribution in [0.3, 0.4) is 0 Å². The molecule has 0 fully saturated rings. The van der Waals surface area contributed by atoms with Gasteiger partial charge < -0.3 is 0 Å². The summed E-state index contributed by atoms with van der Waals surface area (Å²) in [6, 6.07) is 0. The Hall–Kier alpha value is -2.64. The molecule has 8 nitrogen and oxygen atoms in total. The smallest absolute Gasteiger partial charge is 0.299 e. The van der Waals surface area contributed by atoms with Gasteiger partial charge in [0.05, 0.1) is 0 Å². The molecule has 0 unspecified atom stereocenters. The van der Waals surface area contributed by atoms with Gasteiger partial charge in [-0.25, -0.2) is 10.2 Å². The van der Waals surface area contributed by atoms with Crippen LogP contribution in [0.15, 0.2) is 26.8 Å². The van der Waals surface area contributed by atoms with Gasteiger partial charge >= 0.3 is 5.69 Å². The average molecular weight is 304 g/mol. The number of H-pyrrole nitrogens is 1. The second kappa shape index (κ2) is 6.42. The molecular weight excluding hydrogens is 284 g/mol. The van der Waals surface area contributed by atoms with E-state index in [1.807, 2.05) is 32.9 Å². The first-order valence-electron chi connectivity index (χ1n) is 7.09. The summed E-state index contributed by atoms with van der Waals surface area (Å²) in [4.78, 5) is 30.5. The Morgan fingerprint density at radius 1 is 1.45 bits per heavy atom. The second-order valence-electron chi connectivity index (χ2n) is 4.92. The first kappa shape index (κ1) is 15.7. The molecule has 0 aliphatic carbocycles. The predicted octanol–water partition coefficient (Wildman–Crippen LogP) is 1.20. The van der Waals surface area contributed by atoms with Crippen LogP contribution in [0.1, 0.15) is 27.2 Å². The van der Waals surface area contributed by atoms with Gasteiger partial charge in [-0.2, -0.15) is 10.1 Å². The van der Waals surface area contributed by atoms with Crippen LogP contribution in [0, 0.1) is 0 Å². The summed E-state index contributed by atoms with van der Waals surface area (Å²) in [5.41, 5.74) is 3.50. The lowest BCUT2D eigenvalue weighted by atomic mass is 10.3. The quantitative estimate of drug-likeness (QED) is 0.492. The molecule has 0 spiro atoms. The van der Waals surface area contributed by atoms with Crippen LogP contribution in [-0.2, 0) is 13.6 Å². The first-order chi connectivity index (χ1) is 10.5. The molecular formula is C14H20N6O2. The van der Waals surface area contributed by atoms with Crippen LogP contribution in [-0.4, -0.2) is 24.8 Å². The summed E-state index contributed by atoms with van der Waals surface area (Å²) in [6.07, 6.45) is 4.58. The van der Waals surface area contributed by atoms with E-state index in [0.29, 0.717) is 23.7 Å². The van der Waals surface area contributed by atoms with Gasteiger partial charge in [-0.1, -0.05) is 19.1 Å². The maximum absolute atomic E-state index is 12.1. The molecule has 0 saturated carbocycles. The number of aryl methyl sites for hydroxylation is 1. The summed E-state index contributed by atoms with van der Waals surface area (Å²) in [6.45, 7) is 6.25. The zero-order valence-corrected chi connectivity index (χ0v) is 13.2. The maximum Gasteiger partial charge on any atom is 0.329 e. The number of imidazole rings is 1. The number of nitrogens with zero attached hydrogens (tertiary/aromatic N) is 4. The number of allylic oxidation sites excluding steroid dienone is 2. The van der Waals surface area contributed by atoms with Crippen molar-refractivity contribution in [3.8, 4) is 0 Å². The van der Waals surface area contributed by atoms with Crippen LogP contribution >= 0.6 is 0 Å². The monoisotopic (exact) mass is 304 g/mol. The Balaban J connectivity index is 2.69. The molecule has 8 heteroatoms. The van der Waals surface area contributed by atoms with Gasteiger partial charge in [0.1, 0.15) is 0 Å². The maximum atomic E-state index is 12.1. The number of aromatic nitrogens is 4. The molecule has 0 aromatic carbocycles. The van der Waals surface area contributed by atoms with Crippen molar-refractivity contribution >= 4 is 22.8 Å². The van der Waals surface area contributed by atoms with Crippen molar-refractivity contribution < 1.29 is 0 Å². The average Bonchev–Trinajstić information content (AvgIpc) is 2.87. The molecule has 0 amide bonds. The number of hydrogen-bond acceptors (Lipinski definition) is 5. The van der Waals surface area contributed by atoms with Gasteiger partial charge in [0.25, 0.3) is 5.56 Å². The van der Waals surface area contributed by atoms with Crippen LogP contribution in [0.5, 0.6) is 0 Å². The Bertz CT molecular complexity index is 853. The normalized spacial score (nSPS) is 12.5. The van der Waals surface area contributed by atoms with Crippen molar-refractivity contribution in [1.82, 2.24) is 19.1 Å².